The summed E-state index contributed by atoms with van der Waals surface area (Å²) >= 11 is 8.40. The molecule has 122 valence electrons. The van der Waals surface area contributed by atoms with Gasteiger partial charge in [0.15, 0.2) is 10.8 Å². The maximum Gasteiger partial charge on any atom is 0.291 e. The number of ether oxygens (including phenoxy) is 1. The lowest BCUT2D eigenvalue weighted by molar-refractivity contribution is 0.0948. The van der Waals surface area contributed by atoms with Crippen molar-refractivity contribution in [3.63, 3.8) is 0 Å². The fraction of sp³-hybridized carbons (Fsp3) is 0.214. The molecule has 0 aliphatic rings. The summed E-state index contributed by atoms with van der Waals surface area (Å²) in [4.78, 5) is 12.5. The Morgan fingerprint density at radius 2 is 2.13 bits per heavy atom. The number of nitrogens with two attached hydrogens (primary N) is 1. The number of hydrogen-bond donors (Lipinski definition) is 2. The number of methoxy groups -OCH3 is 1. The quantitative estimate of drug-likeness (QED) is 0.607. The number of para-hydroxylation sites is 2. The number of hydrogen-bond acceptors (Lipinski definition) is 4. The van der Waals surface area contributed by atoms with Gasteiger partial charge in [0, 0.05) is 7.05 Å². The summed E-state index contributed by atoms with van der Waals surface area (Å²) in [5.74, 6) is 0.0798. The lowest BCUT2D eigenvalue weighted by Gasteiger charge is -2.24. The number of carbonyl (C=O) groups is 1. The lowest BCUT2D eigenvalue weighted by atomic mass is 10.3. The molecule has 23 heavy (non-hydrogen) atoms. The van der Waals surface area contributed by atoms with Crippen LogP contribution in [0, 0.1) is 6.92 Å². The summed E-state index contributed by atoms with van der Waals surface area (Å²) in [5.41, 5.74) is 9.98. The van der Waals surface area contributed by atoms with Crippen molar-refractivity contribution >= 4 is 44.9 Å². The summed E-state index contributed by atoms with van der Waals surface area (Å²) in [6.45, 7) is 1.85. The van der Waals surface area contributed by atoms with E-state index in [1.807, 2.05) is 6.92 Å². The Morgan fingerprint density at radius 1 is 1.48 bits per heavy atom. The van der Waals surface area contributed by atoms with Crippen molar-refractivity contribution in [1.82, 2.24) is 15.2 Å². The highest BCUT2D eigenvalue weighted by molar-refractivity contribution is 9.10. The van der Waals surface area contributed by atoms with Crippen molar-refractivity contribution in [1.29, 1.82) is 0 Å². The molecule has 9 heteroatoms. The molecule has 1 aromatic heterocycles. The monoisotopic (exact) mass is 397 g/mol. The molecule has 1 aromatic carbocycles. The summed E-state index contributed by atoms with van der Waals surface area (Å²) in [7, 11) is 3.28. The van der Waals surface area contributed by atoms with Crippen LogP contribution < -0.4 is 20.9 Å². The van der Waals surface area contributed by atoms with Crippen molar-refractivity contribution in [3.8, 4) is 5.75 Å². The van der Waals surface area contributed by atoms with Gasteiger partial charge in [-0.2, -0.15) is 5.10 Å². The predicted molar refractivity (Wildman–Crippen MR) is 95.4 cm³/mol. The van der Waals surface area contributed by atoms with Gasteiger partial charge < -0.3 is 10.5 Å². The van der Waals surface area contributed by atoms with E-state index in [1.165, 1.54) is 12.1 Å². The Labute approximate surface area is 147 Å². The Kier molecular flexibility index (Phi) is 5.22. The Morgan fingerprint density at radius 3 is 2.65 bits per heavy atom. The highest BCUT2D eigenvalue weighted by atomic mass is 79.9. The van der Waals surface area contributed by atoms with E-state index < -0.39 is 5.91 Å². The summed E-state index contributed by atoms with van der Waals surface area (Å²) in [6.07, 6.45) is 0. The third-order valence-electron chi connectivity index (χ3n) is 3.24. The molecule has 0 saturated carbocycles. The van der Waals surface area contributed by atoms with Gasteiger partial charge >= 0.3 is 0 Å². The van der Waals surface area contributed by atoms with Gasteiger partial charge in [0.25, 0.3) is 5.91 Å². The average Bonchev–Trinajstić information content (AvgIpc) is 2.79. The van der Waals surface area contributed by atoms with Gasteiger partial charge in [-0.3, -0.25) is 14.9 Å². The van der Waals surface area contributed by atoms with Crippen molar-refractivity contribution in [3.05, 3.63) is 40.1 Å². The van der Waals surface area contributed by atoms with Crippen LogP contribution in [0.1, 0.15) is 16.2 Å². The maximum absolute atomic E-state index is 12.5. The number of carbonyl (C=O) groups excluding carboxylic acids is 1. The highest BCUT2D eigenvalue weighted by Crippen LogP contribution is 2.27. The van der Waals surface area contributed by atoms with E-state index in [2.05, 4.69) is 26.5 Å². The third-order valence-corrected chi connectivity index (χ3v) is 4.37. The Hall–Kier alpha value is -2.13. The zero-order chi connectivity index (χ0) is 17.1. The van der Waals surface area contributed by atoms with Crippen LogP contribution in [0.15, 0.2) is 28.7 Å². The number of nitrogens with zero attached hydrogens (tertiary/aromatic N) is 3. The van der Waals surface area contributed by atoms with E-state index in [0.29, 0.717) is 15.9 Å². The minimum atomic E-state index is -0.445. The van der Waals surface area contributed by atoms with E-state index >= 15 is 0 Å². The second kappa shape index (κ2) is 6.97. The van der Waals surface area contributed by atoms with E-state index in [0.717, 1.165) is 5.69 Å². The summed E-state index contributed by atoms with van der Waals surface area (Å²) in [6, 6.07) is 7.07. The van der Waals surface area contributed by atoms with Crippen LogP contribution in [-0.4, -0.2) is 27.9 Å². The fourth-order valence-corrected chi connectivity index (χ4v) is 2.59. The minimum Gasteiger partial charge on any atom is -0.494 e. The van der Waals surface area contributed by atoms with Crippen LogP contribution in [0.3, 0.4) is 0 Å². The average molecular weight is 398 g/mol. The van der Waals surface area contributed by atoms with Crippen LogP contribution in [-0.2, 0) is 7.05 Å². The molecule has 0 aliphatic carbocycles. The first-order chi connectivity index (χ1) is 10.9. The molecule has 3 N–H and O–H groups in total. The number of nitrogens with one attached hydrogen (secondary N) is 1. The van der Waals surface area contributed by atoms with Gasteiger partial charge in [-0.1, -0.05) is 12.1 Å². The topological polar surface area (TPSA) is 85.4 Å². The number of aromatic nitrogens is 2. The molecule has 0 spiro atoms. The van der Waals surface area contributed by atoms with Crippen molar-refractivity contribution in [2.45, 2.75) is 6.92 Å². The molecule has 0 fully saturated rings. The van der Waals surface area contributed by atoms with E-state index in [4.69, 9.17) is 22.7 Å². The molecule has 1 heterocycles. The van der Waals surface area contributed by atoms with E-state index in [-0.39, 0.29) is 10.8 Å². The number of thiocarbonyl (C=S) groups is 1. The number of anilines is 1. The molecule has 0 atom stereocenters. The van der Waals surface area contributed by atoms with Gasteiger partial charge in [0.2, 0.25) is 0 Å². The summed E-state index contributed by atoms with van der Waals surface area (Å²) < 4.78 is 7.49. The van der Waals surface area contributed by atoms with Crippen LogP contribution in [0.4, 0.5) is 5.69 Å². The smallest absolute Gasteiger partial charge is 0.291 e. The SMILES string of the molecule is COc1ccccc1N(NC(=O)c1nn(C)c(C)c1Br)C(N)=S. The van der Waals surface area contributed by atoms with Crippen LogP contribution >= 0.6 is 28.1 Å². The molecule has 1 amide bonds. The van der Waals surface area contributed by atoms with Crippen molar-refractivity contribution in [2.24, 2.45) is 12.8 Å². The van der Waals surface area contributed by atoms with Gasteiger partial charge in [0.1, 0.15) is 11.4 Å². The first-order valence-electron chi connectivity index (χ1n) is 6.59. The maximum atomic E-state index is 12.5. The standard InChI is InChI=1S/C14H16BrN5O2S/c1-8-11(15)12(17-19(8)2)13(21)18-20(14(16)23)9-6-4-5-7-10(9)22-3/h4-7H,1-3H3,(H2,16,23)(H,18,21). The number of rotatable bonds is 3. The van der Waals surface area contributed by atoms with E-state index in [9.17, 15) is 4.79 Å². The predicted octanol–water partition coefficient (Wildman–Crippen LogP) is 1.89. The zero-order valence-electron chi connectivity index (χ0n) is 12.8. The molecular formula is C14H16BrN5O2S. The number of halogens is 1. The number of hydrazine groups is 1. The molecule has 0 bridgehead atoms. The molecule has 2 aromatic rings. The van der Waals surface area contributed by atoms with Crippen LogP contribution in [0.2, 0.25) is 0 Å². The van der Waals surface area contributed by atoms with Gasteiger partial charge in [-0.15, -0.1) is 0 Å². The van der Waals surface area contributed by atoms with Gasteiger partial charge in [-0.25, -0.2) is 5.01 Å². The second-order valence-electron chi connectivity index (χ2n) is 4.66. The van der Waals surface area contributed by atoms with Crippen molar-refractivity contribution in [2.75, 3.05) is 12.1 Å². The number of benzene rings is 1. The Balaban J connectivity index is 2.35. The van der Waals surface area contributed by atoms with Gasteiger partial charge in [-0.05, 0) is 47.2 Å². The second-order valence-corrected chi connectivity index (χ2v) is 5.87. The Bertz CT molecular complexity index is 762. The van der Waals surface area contributed by atoms with Crippen molar-refractivity contribution < 1.29 is 9.53 Å². The molecule has 0 radical (unpaired) electrons. The largest absolute Gasteiger partial charge is 0.494 e. The zero-order valence-corrected chi connectivity index (χ0v) is 15.2. The molecular weight excluding hydrogens is 382 g/mol. The molecule has 2 rings (SSSR count). The van der Waals surface area contributed by atoms with Crippen LogP contribution in [0.5, 0.6) is 5.75 Å². The number of amides is 1. The molecule has 0 aliphatic heterocycles. The minimum absolute atomic E-state index is 0.0216. The fourth-order valence-electron chi connectivity index (χ4n) is 1.93. The normalized spacial score (nSPS) is 10.3. The van der Waals surface area contributed by atoms with E-state index in [1.54, 1.807) is 36.0 Å². The van der Waals surface area contributed by atoms with Crippen LogP contribution in [0.25, 0.3) is 0 Å². The highest BCUT2D eigenvalue weighted by Gasteiger charge is 2.22. The first-order valence-corrected chi connectivity index (χ1v) is 7.79. The first kappa shape index (κ1) is 17.2. The molecule has 7 nitrogen and oxygen atoms in total. The number of aryl methyl sites for hydroxylation is 1. The molecule has 0 unspecified atom stereocenters. The lowest BCUT2D eigenvalue weighted by Crippen LogP contribution is -2.49. The van der Waals surface area contributed by atoms with Gasteiger partial charge in [0.05, 0.1) is 17.3 Å². The molecule has 0 saturated heterocycles. The third kappa shape index (κ3) is 3.45. The summed E-state index contributed by atoms with van der Waals surface area (Å²) in [5, 5.41) is 5.44.